The molecule has 24 heavy (non-hydrogen) atoms. The Bertz CT molecular complexity index is 963. The molecule has 0 amide bonds. The largest absolute Gasteiger partial charge is 0.465 e. The van der Waals surface area contributed by atoms with E-state index in [1.165, 1.54) is 7.11 Å². The first-order chi connectivity index (χ1) is 11.5. The Hall–Kier alpha value is -2.73. The van der Waals surface area contributed by atoms with Gasteiger partial charge in [-0.25, -0.2) is 9.78 Å². The number of carbonyl (C=O) groups excluding carboxylic acids is 1. The van der Waals surface area contributed by atoms with Crippen LogP contribution in [-0.4, -0.2) is 22.5 Å². The molecule has 122 valence electrons. The number of benzene rings is 1. The Morgan fingerprint density at radius 3 is 2.75 bits per heavy atom. The number of rotatable bonds is 3. The molecule has 0 saturated carbocycles. The number of carbonyl (C=O) groups is 1. The van der Waals surface area contributed by atoms with E-state index in [2.05, 4.69) is 15.2 Å². The van der Waals surface area contributed by atoms with Gasteiger partial charge in [0.2, 0.25) is 0 Å². The van der Waals surface area contributed by atoms with Gasteiger partial charge < -0.3 is 4.74 Å². The Labute approximate surface area is 143 Å². The monoisotopic (exact) mass is 342 g/mol. The summed E-state index contributed by atoms with van der Waals surface area (Å²) >= 11 is 6.13. The maximum atomic E-state index is 11.6. The van der Waals surface area contributed by atoms with Crippen molar-refractivity contribution in [2.24, 2.45) is 10.2 Å². The molecule has 0 saturated heterocycles. The molecule has 0 spiro atoms. The summed E-state index contributed by atoms with van der Waals surface area (Å²) < 4.78 is 6.55. The van der Waals surface area contributed by atoms with Gasteiger partial charge in [0.25, 0.3) is 0 Å². The van der Waals surface area contributed by atoms with Crippen LogP contribution < -0.4 is 0 Å². The van der Waals surface area contributed by atoms with Crippen LogP contribution in [-0.2, 0) is 4.74 Å². The Balaban J connectivity index is 2.02. The molecule has 3 aromatic rings. The highest BCUT2D eigenvalue weighted by Crippen LogP contribution is 2.29. The zero-order valence-electron chi connectivity index (χ0n) is 13.4. The molecule has 2 heterocycles. The number of azo groups is 1. The smallest absolute Gasteiger partial charge is 0.337 e. The maximum absolute atomic E-state index is 11.6. The second kappa shape index (κ2) is 6.41. The fourth-order valence-electron chi connectivity index (χ4n) is 2.31. The van der Waals surface area contributed by atoms with Crippen LogP contribution in [0.15, 0.2) is 46.8 Å². The highest BCUT2D eigenvalue weighted by atomic mass is 35.5. The lowest BCUT2D eigenvalue weighted by Crippen LogP contribution is -2.00. The standard InChI is InChI=1S/C17H15ClN4O2/c1-10-6-7-22-15(8-10)19-11(2)16(22)21-20-14-9-12(17(23)24-3)4-5-13(14)18/h4-9H,1-3H3. The number of ether oxygens (including phenoxy) is 1. The van der Waals surface area contributed by atoms with Gasteiger partial charge in [0.1, 0.15) is 11.3 Å². The molecule has 0 N–H and O–H groups in total. The van der Waals surface area contributed by atoms with Crippen LogP contribution >= 0.6 is 11.6 Å². The minimum absolute atomic E-state index is 0.362. The van der Waals surface area contributed by atoms with Crippen molar-refractivity contribution in [3.8, 4) is 0 Å². The van der Waals surface area contributed by atoms with E-state index in [-0.39, 0.29) is 0 Å². The molecule has 2 aromatic heterocycles. The Morgan fingerprint density at radius 1 is 1.21 bits per heavy atom. The van der Waals surface area contributed by atoms with E-state index in [0.29, 0.717) is 22.1 Å². The van der Waals surface area contributed by atoms with Gasteiger partial charge in [-0.05, 0) is 49.7 Å². The molecule has 0 fully saturated rings. The van der Waals surface area contributed by atoms with Gasteiger partial charge in [-0.1, -0.05) is 11.6 Å². The molecule has 1 aromatic carbocycles. The molecule has 3 rings (SSSR count). The molecule has 0 radical (unpaired) electrons. The van der Waals surface area contributed by atoms with E-state index in [1.54, 1.807) is 18.2 Å². The molecule has 0 aliphatic carbocycles. The summed E-state index contributed by atoms with van der Waals surface area (Å²) in [6.45, 7) is 3.87. The number of hydrogen-bond donors (Lipinski definition) is 0. The van der Waals surface area contributed by atoms with Crippen LogP contribution in [0.2, 0.25) is 5.02 Å². The first-order valence-electron chi connectivity index (χ1n) is 7.24. The number of pyridine rings is 1. The van der Waals surface area contributed by atoms with Crippen molar-refractivity contribution in [3.63, 3.8) is 0 Å². The third-order valence-electron chi connectivity index (χ3n) is 3.54. The molecule has 0 bridgehead atoms. The molecule has 0 atom stereocenters. The number of aryl methyl sites for hydroxylation is 2. The molecular weight excluding hydrogens is 328 g/mol. The number of hydrogen-bond acceptors (Lipinski definition) is 5. The fourth-order valence-corrected chi connectivity index (χ4v) is 2.46. The summed E-state index contributed by atoms with van der Waals surface area (Å²) in [7, 11) is 1.32. The molecular formula is C17H15ClN4O2. The highest BCUT2D eigenvalue weighted by molar-refractivity contribution is 6.33. The van der Waals surface area contributed by atoms with Crippen LogP contribution in [0.1, 0.15) is 21.6 Å². The fraction of sp³-hybridized carbons (Fsp3) is 0.176. The van der Waals surface area contributed by atoms with Crippen molar-refractivity contribution in [1.82, 2.24) is 9.38 Å². The van der Waals surface area contributed by atoms with Crippen LogP contribution in [0.5, 0.6) is 0 Å². The molecule has 7 heteroatoms. The SMILES string of the molecule is COC(=O)c1ccc(Cl)c(N=Nc2c(C)nc3cc(C)ccn23)c1. The lowest BCUT2D eigenvalue weighted by Gasteiger charge is -2.02. The van der Waals surface area contributed by atoms with Crippen LogP contribution in [0, 0.1) is 13.8 Å². The number of aromatic nitrogens is 2. The van der Waals surface area contributed by atoms with Gasteiger partial charge in [0, 0.05) is 6.20 Å². The van der Waals surface area contributed by atoms with Gasteiger partial charge in [-0.15, -0.1) is 10.2 Å². The van der Waals surface area contributed by atoms with Crippen LogP contribution in [0.3, 0.4) is 0 Å². The van der Waals surface area contributed by atoms with Crippen molar-refractivity contribution in [3.05, 3.63) is 58.4 Å². The Kier molecular flexibility index (Phi) is 4.31. The first-order valence-corrected chi connectivity index (χ1v) is 7.62. The zero-order valence-corrected chi connectivity index (χ0v) is 14.2. The summed E-state index contributed by atoms with van der Waals surface area (Å²) in [5, 5.41) is 8.85. The lowest BCUT2D eigenvalue weighted by molar-refractivity contribution is 0.0601. The quantitative estimate of drug-likeness (QED) is 0.506. The van der Waals surface area contributed by atoms with Crippen molar-refractivity contribution in [2.75, 3.05) is 7.11 Å². The van der Waals surface area contributed by atoms with Crippen molar-refractivity contribution >= 4 is 34.7 Å². The molecule has 0 aliphatic rings. The summed E-state index contributed by atoms with van der Waals surface area (Å²) in [5.74, 6) is 0.161. The second-order valence-corrected chi connectivity index (χ2v) is 5.72. The average Bonchev–Trinajstić information content (AvgIpc) is 2.87. The number of imidazole rings is 1. The van der Waals surface area contributed by atoms with Crippen molar-refractivity contribution < 1.29 is 9.53 Å². The van der Waals surface area contributed by atoms with Crippen molar-refractivity contribution in [2.45, 2.75) is 13.8 Å². The molecule has 0 aliphatic heterocycles. The third-order valence-corrected chi connectivity index (χ3v) is 3.86. The number of nitrogens with zero attached hydrogens (tertiary/aromatic N) is 4. The third kappa shape index (κ3) is 3.00. The highest BCUT2D eigenvalue weighted by Gasteiger charge is 2.11. The first kappa shape index (κ1) is 16.1. The lowest BCUT2D eigenvalue weighted by atomic mass is 10.2. The van der Waals surface area contributed by atoms with Crippen LogP contribution in [0.25, 0.3) is 5.65 Å². The second-order valence-electron chi connectivity index (χ2n) is 5.31. The number of methoxy groups -OCH3 is 1. The van der Waals surface area contributed by atoms with E-state index in [9.17, 15) is 4.79 Å². The van der Waals surface area contributed by atoms with Gasteiger partial charge in [0.05, 0.1) is 23.4 Å². The topological polar surface area (TPSA) is 68.3 Å². The molecule has 0 unspecified atom stereocenters. The molecule has 6 nitrogen and oxygen atoms in total. The Morgan fingerprint density at radius 2 is 2.00 bits per heavy atom. The van der Waals surface area contributed by atoms with Gasteiger partial charge >= 0.3 is 5.97 Å². The van der Waals surface area contributed by atoms with Gasteiger partial charge in [0.15, 0.2) is 5.82 Å². The summed E-state index contributed by atoms with van der Waals surface area (Å²) in [6, 6.07) is 8.65. The van der Waals surface area contributed by atoms with Crippen LogP contribution in [0.4, 0.5) is 11.5 Å². The zero-order chi connectivity index (χ0) is 17.3. The van der Waals surface area contributed by atoms with E-state index >= 15 is 0 Å². The van der Waals surface area contributed by atoms with E-state index in [1.807, 2.05) is 36.6 Å². The maximum Gasteiger partial charge on any atom is 0.337 e. The van der Waals surface area contributed by atoms with Gasteiger partial charge in [-0.3, -0.25) is 4.40 Å². The van der Waals surface area contributed by atoms with E-state index in [4.69, 9.17) is 16.3 Å². The normalized spacial score (nSPS) is 11.3. The summed E-state index contributed by atoms with van der Waals surface area (Å²) in [5.41, 5.74) is 3.42. The average molecular weight is 343 g/mol. The predicted molar refractivity (Wildman–Crippen MR) is 91.6 cm³/mol. The number of halogens is 1. The minimum atomic E-state index is -0.454. The summed E-state index contributed by atoms with van der Waals surface area (Å²) in [6.07, 6.45) is 1.89. The van der Waals surface area contributed by atoms with Crippen molar-refractivity contribution in [1.29, 1.82) is 0 Å². The van der Waals surface area contributed by atoms with E-state index in [0.717, 1.165) is 16.9 Å². The van der Waals surface area contributed by atoms with Gasteiger partial charge in [-0.2, -0.15) is 0 Å². The summed E-state index contributed by atoms with van der Waals surface area (Å²) in [4.78, 5) is 16.1. The number of esters is 1. The van der Waals surface area contributed by atoms with E-state index < -0.39 is 5.97 Å². The number of fused-ring (bicyclic) bond motifs is 1. The predicted octanol–water partition coefficient (Wildman–Crippen LogP) is 4.81. The minimum Gasteiger partial charge on any atom is -0.465 e.